The fourth-order valence-corrected chi connectivity index (χ4v) is 2.91. The highest BCUT2D eigenvalue weighted by atomic mass is 32.2. The number of thioether (sulfide) groups is 1. The van der Waals surface area contributed by atoms with Crippen LogP contribution in [0.2, 0.25) is 0 Å². The minimum atomic E-state index is -0.405. The van der Waals surface area contributed by atoms with Crippen LogP contribution in [0.3, 0.4) is 0 Å². The number of aromatic nitrogens is 3. The molecule has 0 radical (unpaired) electrons. The van der Waals surface area contributed by atoms with Crippen molar-refractivity contribution in [1.29, 1.82) is 0 Å². The number of anilines is 1. The van der Waals surface area contributed by atoms with Gasteiger partial charge in [-0.15, -0.1) is 0 Å². The number of carbonyl (C=O) groups excluding carboxylic acids is 1. The van der Waals surface area contributed by atoms with Gasteiger partial charge in [-0.05, 0) is 37.6 Å². The van der Waals surface area contributed by atoms with E-state index in [-0.39, 0.29) is 11.7 Å². The maximum Gasteiger partial charge on any atom is 0.355 e. The molecule has 1 amide bonds. The molecule has 0 aliphatic heterocycles. The van der Waals surface area contributed by atoms with Gasteiger partial charge in [-0.2, -0.15) is 4.98 Å². The smallest absolute Gasteiger partial charge is 0.325 e. The number of nitrogens with zero attached hydrogens (tertiary/aromatic N) is 3. The Kier molecular flexibility index (Phi) is 4.61. The van der Waals surface area contributed by atoms with Gasteiger partial charge >= 0.3 is 5.69 Å². The number of aryl methyl sites for hydroxylation is 2. The van der Waals surface area contributed by atoms with Crippen molar-refractivity contribution in [3.05, 3.63) is 64.2 Å². The van der Waals surface area contributed by atoms with Crippen LogP contribution in [0.25, 0.3) is 5.65 Å². The summed E-state index contributed by atoms with van der Waals surface area (Å²) in [6.45, 7) is 3.95. The third-order valence-electron chi connectivity index (χ3n) is 3.43. The molecule has 0 atom stereocenters. The first kappa shape index (κ1) is 16.2. The Balaban J connectivity index is 1.69. The fraction of sp³-hybridized carbons (Fsp3) is 0.176. The number of fused-ring (bicyclic) bond motifs is 1. The van der Waals surface area contributed by atoms with E-state index in [1.165, 1.54) is 4.40 Å². The zero-order valence-corrected chi connectivity index (χ0v) is 14.1. The predicted molar refractivity (Wildman–Crippen MR) is 94.5 cm³/mol. The number of pyridine rings is 1. The third kappa shape index (κ3) is 3.62. The Bertz CT molecular complexity index is 968. The number of amides is 1. The van der Waals surface area contributed by atoms with Gasteiger partial charge in [0.2, 0.25) is 5.91 Å². The van der Waals surface area contributed by atoms with Crippen LogP contribution in [0.15, 0.2) is 52.5 Å². The van der Waals surface area contributed by atoms with E-state index in [1.54, 1.807) is 24.4 Å². The van der Waals surface area contributed by atoms with Crippen LogP contribution in [0.1, 0.15) is 11.1 Å². The summed E-state index contributed by atoms with van der Waals surface area (Å²) < 4.78 is 1.36. The first-order valence-corrected chi connectivity index (χ1v) is 8.37. The lowest BCUT2D eigenvalue weighted by Gasteiger charge is -2.08. The average molecular weight is 340 g/mol. The SMILES string of the molecule is Cc1ccc(NC(=O)CSc2nc(=O)n3ccccc3n2)c(C)c1. The van der Waals surface area contributed by atoms with Crippen LogP contribution >= 0.6 is 11.8 Å². The van der Waals surface area contributed by atoms with Gasteiger partial charge in [0.15, 0.2) is 5.16 Å². The molecule has 0 bridgehead atoms. The van der Waals surface area contributed by atoms with Crippen molar-refractivity contribution in [2.45, 2.75) is 19.0 Å². The standard InChI is InChI=1S/C17H16N4O2S/c1-11-6-7-13(12(2)9-11)18-15(22)10-24-16-19-14-5-3-4-8-21(14)17(23)20-16/h3-9H,10H2,1-2H3,(H,18,22). The first-order chi connectivity index (χ1) is 11.5. The maximum absolute atomic E-state index is 12.1. The lowest BCUT2D eigenvalue weighted by molar-refractivity contribution is -0.113. The summed E-state index contributed by atoms with van der Waals surface area (Å²) >= 11 is 1.14. The van der Waals surface area contributed by atoms with E-state index in [9.17, 15) is 9.59 Å². The van der Waals surface area contributed by atoms with E-state index < -0.39 is 5.69 Å². The second-order valence-corrected chi connectivity index (χ2v) is 6.32. The molecule has 0 saturated heterocycles. The largest absolute Gasteiger partial charge is 0.355 e. The lowest BCUT2D eigenvalue weighted by atomic mass is 10.1. The number of benzene rings is 1. The zero-order chi connectivity index (χ0) is 17.1. The van der Waals surface area contributed by atoms with Gasteiger partial charge in [-0.1, -0.05) is 35.5 Å². The topological polar surface area (TPSA) is 76.4 Å². The van der Waals surface area contributed by atoms with E-state index in [4.69, 9.17) is 0 Å². The monoisotopic (exact) mass is 340 g/mol. The molecule has 24 heavy (non-hydrogen) atoms. The first-order valence-electron chi connectivity index (χ1n) is 7.38. The highest BCUT2D eigenvalue weighted by Crippen LogP contribution is 2.17. The van der Waals surface area contributed by atoms with Crippen LogP contribution in [0.4, 0.5) is 5.69 Å². The van der Waals surface area contributed by atoms with Gasteiger partial charge < -0.3 is 5.32 Å². The molecule has 0 unspecified atom stereocenters. The minimum Gasteiger partial charge on any atom is -0.325 e. The Morgan fingerprint density at radius 1 is 1.21 bits per heavy atom. The van der Waals surface area contributed by atoms with Gasteiger partial charge in [0, 0.05) is 11.9 Å². The highest BCUT2D eigenvalue weighted by molar-refractivity contribution is 7.99. The molecule has 1 aromatic carbocycles. The minimum absolute atomic E-state index is 0.135. The van der Waals surface area contributed by atoms with Crippen molar-refractivity contribution >= 4 is 29.0 Å². The van der Waals surface area contributed by atoms with Crippen LogP contribution in [-0.4, -0.2) is 26.0 Å². The van der Waals surface area contributed by atoms with Crippen molar-refractivity contribution in [2.24, 2.45) is 0 Å². The number of hydrogen-bond donors (Lipinski definition) is 1. The summed E-state index contributed by atoms with van der Waals surface area (Å²) in [5.74, 6) is -0.0284. The Labute approximate surface area is 143 Å². The maximum atomic E-state index is 12.1. The van der Waals surface area contributed by atoms with Gasteiger partial charge in [-0.3, -0.25) is 9.20 Å². The molecule has 0 spiro atoms. The van der Waals surface area contributed by atoms with Gasteiger partial charge in [0.25, 0.3) is 0 Å². The van der Waals surface area contributed by atoms with Crippen LogP contribution < -0.4 is 11.0 Å². The molecule has 3 rings (SSSR count). The molecule has 2 heterocycles. The summed E-state index contributed by atoms with van der Waals surface area (Å²) in [7, 11) is 0. The van der Waals surface area contributed by atoms with Crippen molar-refractivity contribution < 1.29 is 4.79 Å². The normalized spacial score (nSPS) is 10.8. The van der Waals surface area contributed by atoms with Crippen molar-refractivity contribution in [2.75, 3.05) is 11.1 Å². The molecular weight excluding hydrogens is 324 g/mol. The second kappa shape index (κ2) is 6.84. The predicted octanol–water partition coefficient (Wildman–Crippen LogP) is 2.44. The average Bonchev–Trinajstić information content (AvgIpc) is 2.56. The van der Waals surface area contributed by atoms with E-state index in [2.05, 4.69) is 15.3 Å². The molecule has 7 heteroatoms. The Morgan fingerprint density at radius 2 is 2.04 bits per heavy atom. The van der Waals surface area contributed by atoms with E-state index >= 15 is 0 Å². The van der Waals surface area contributed by atoms with Crippen LogP contribution in [-0.2, 0) is 4.79 Å². The highest BCUT2D eigenvalue weighted by Gasteiger charge is 2.09. The molecule has 1 N–H and O–H groups in total. The Morgan fingerprint density at radius 3 is 2.83 bits per heavy atom. The third-order valence-corrected chi connectivity index (χ3v) is 4.28. The molecule has 3 aromatic rings. The molecule has 0 aliphatic carbocycles. The van der Waals surface area contributed by atoms with Crippen LogP contribution in [0, 0.1) is 13.8 Å². The summed E-state index contributed by atoms with van der Waals surface area (Å²) in [6, 6.07) is 11.1. The summed E-state index contributed by atoms with van der Waals surface area (Å²) in [5, 5.41) is 3.15. The number of carbonyl (C=O) groups is 1. The van der Waals surface area contributed by atoms with Gasteiger partial charge in [0.05, 0.1) is 5.75 Å². The van der Waals surface area contributed by atoms with Gasteiger partial charge in [-0.25, -0.2) is 9.78 Å². The van der Waals surface area contributed by atoms with Crippen molar-refractivity contribution in [3.8, 4) is 0 Å². The number of rotatable bonds is 4. The number of hydrogen-bond acceptors (Lipinski definition) is 5. The Hall–Kier alpha value is -2.67. The quantitative estimate of drug-likeness (QED) is 0.738. The fourth-order valence-electron chi connectivity index (χ4n) is 2.28. The van der Waals surface area contributed by atoms with Crippen LogP contribution in [0.5, 0.6) is 0 Å². The van der Waals surface area contributed by atoms with E-state index in [1.807, 2.05) is 32.0 Å². The molecular formula is C17H16N4O2S. The zero-order valence-electron chi connectivity index (χ0n) is 13.3. The van der Waals surface area contributed by atoms with Crippen molar-refractivity contribution in [1.82, 2.24) is 14.4 Å². The molecule has 2 aromatic heterocycles. The second-order valence-electron chi connectivity index (χ2n) is 5.37. The van der Waals surface area contributed by atoms with Gasteiger partial charge in [0.1, 0.15) is 5.65 Å². The number of nitrogens with one attached hydrogen (secondary N) is 1. The summed E-state index contributed by atoms with van der Waals surface area (Å²) in [6.07, 6.45) is 1.61. The molecule has 0 aliphatic rings. The summed E-state index contributed by atoms with van der Waals surface area (Å²) in [5.41, 5.74) is 3.04. The van der Waals surface area contributed by atoms with Crippen molar-refractivity contribution in [3.63, 3.8) is 0 Å². The lowest BCUT2D eigenvalue weighted by Crippen LogP contribution is -2.20. The summed E-state index contributed by atoms with van der Waals surface area (Å²) in [4.78, 5) is 32.2. The molecule has 6 nitrogen and oxygen atoms in total. The molecule has 0 saturated carbocycles. The van der Waals surface area contributed by atoms with E-state index in [0.717, 1.165) is 28.6 Å². The van der Waals surface area contributed by atoms with E-state index in [0.29, 0.717) is 10.8 Å². The molecule has 122 valence electrons. The molecule has 0 fully saturated rings.